The molecule has 2 saturated carbocycles. The van der Waals surface area contributed by atoms with Crippen LogP contribution in [0.1, 0.15) is 73.3 Å². The predicted octanol–water partition coefficient (Wildman–Crippen LogP) is 4.32. The molecule has 2 unspecified atom stereocenters. The van der Waals surface area contributed by atoms with Gasteiger partial charge in [0.1, 0.15) is 5.39 Å². The largest absolute Gasteiger partial charge is 0.481 e. The number of carboxylic acid groups (broad SMARTS) is 1. The smallest absolute Gasteiger partial charge is 0.306 e. The number of pyridine rings is 1. The molecule has 0 radical (unpaired) electrons. The van der Waals surface area contributed by atoms with E-state index in [0.29, 0.717) is 54.5 Å². The fourth-order valence-corrected chi connectivity index (χ4v) is 6.48. The van der Waals surface area contributed by atoms with E-state index in [9.17, 15) is 24.8 Å². The number of rotatable bonds is 5. The molecule has 196 valence electrons. The van der Waals surface area contributed by atoms with Crippen molar-refractivity contribution in [1.29, 1.82) is 5.26 Å². The van der Waals surface area contributed by atoms with Gasteiger partial charge in [0.25, 0.3) is 11.5 Å². The van der Waals surface area contributed by atoms with E-state index in [1.54, 1.807) is 12.3 Å². The lowest BCUT2D eigenvalue weighted by Gasteiger charge is -2.33. The van der Waals surface area contributed by atoms with Crippen molar-refractivity contribution in [3.63, 3.8) is 0 Å². The van der Waals surface area contributed by atoms with Crippen LogP contribution in [0.2, 0.25) is 0 Å². The van der Waals surface area contributed by atoms with Gasteiger partial charge in [-0.25, -0.2) is 0 Å². The number of carboxylic acids is 1. The number of H-pyrrole nitrogens is 1. The van der Waals surface area contributed by atoms with Crippen LogP contribution < -0.4 is 10.9 Å². The summed E-state index contributed by atoms with van der Waals surface area (Å²) in [4.78, 5) is 41.9. The minimum absolute atomic E-state index is 0.0173. The summed E-state index contributed by atoms with van der Waals surface area (Å²) in [6, 6.07) is 9.77. The molecule has 2 fully saturated rings. The summed E-state index contributed by atoms with van der Waals surface area (Å²) in [5, 5.41) is 27.6. The summed E-state index contributed by atoms with van der Waals surface area (Å²) in [5.41, 5.74) is 2.73. The van der Waals surface area contributed by atoms with E-state index < -0.39 is 5.97 Å². The monoisotopic (exact) mass is 514 g/mol. The maximum absolute atomic E-state index is 13.1. The van der Waals surface area contributed by atoms with Crippen molar-refractivity contribution in [2.24, 2.45) is 11.8 Å². The summed E-state index contributed by atoms with van der Waals surface area (Å²) in [5.74, 6) is -0.817. The summed E-state index contributed by atoms with van der Waals surface area (Å²) < 4.78 is 1.84. The van der Waals surface area contributed by atoms with Crippen LogP contribution in [0, 0.1) is 23.2 Å². The Morgan fingerprint density at radius 3 is 2.66 bits per heavy atom. The Hall–Kier alpha value is -4.13. The highest BCUT2D eigenvalue weighted by atomic mass is 16.4. The maximum atomic E-state index is 13.1. The van der Waals surface area contributed by atoms with Crippen molar-refractivity contribution >= 4 is 34.3 Å². The fraction of sp³-hybridized carbons (Fsp3) is 0.464. The van der Waals surface area contributed by atoms with Crippen molar-refractivity contribution in [2.45, 2.75) is 70.0 Å². The average molecular weight is 515 g/mol. The van der Waals surface area contributed by atoms with Gasteiger partial charge in [0.15, 0.2) is 5.82 Å². The summed E-state index contributed by atoms with van der Waals surface area (Å²) in [7, 11) is 0. The molecule has 0 bridgehead atoms. The molecule has 2 atom stereocenters. The second kappa shape index (κ2) is 9.63. The van der Waals surface area contributed by atoms with Crippen LogP contribution >= 0.6 is 0 Å². The molecule has 1 amide bonds. The quantitative estimate of drug-likeness (QED) is 0.460. The zero-order valence-corrected chi connectivity index (χ0v) is 21.0. The molecule has 6 rings (SSSR count). The average Bonchev–Trinajstić information content (AvgIpc) is 3.46. The summed E-state index contributed by atoms with van der Waals surface area (Å²) in [6.07, 6.45) is 7.87. The Bertz CT molecular complexity index is 1510. The van der Waals surface area contributed by atoms with Crippen molar-refractivity contribution in [3.05, 3.63) is 51.9 Å². The number of amides is 1. The second-order valence-corrected chi connectivity index (χ2v) is 10.7. The summed E-state index contributed by atoms with van der Waals surface area (Å²) >= 11 is 0. The third-order valence-corrected chi connectivity index (χ3v) is 8.53. The molecule has 0 saturated heterocycles. The first-order valence-corrected chi connectivity index (χ1v) is 13.4. The van der Waals surface area contributed by atoms with E-state index in [-0.39, 0.29) is 35.4 Å². The maximum Gasteiger partial charge on any atom is 0.306 e. The number of carbonyl (C=O) groups is 2. The highest BCUT2D eigenvalue weighted by Gasteiger charge is 2.36. The Labute approximate surface area is 219 Å². The molecule has 3 aromatic rings. The first-order valence-electron chi connectivity index (χ1n) is 13.4. The third kappa shape index (κ3) is 4.12. The Morgan fingerprint density at radius 2 is 1.89 bits per heavy atom. The van der Waals surface area contributed by atoms with Gasteiger partial charge in [0, 0.05) is 30.0 Å². The van der Waals surface area contributed by atoms with Gasteiger partial charge in [-0.2, -0.15) is 10.4 Å². The lowest BCUT2D eigenvalue weighted by Crippen LogP contribution is -2.39. The molecule has 2 aliphatic carbocycles. The lowest BCUT2D eigenvalue weighted by atomic mass is 9.85. The Balaban J connectivity index is 1.27. The number of aromatic amines is 1. The zero-order chi connectivity index (χ0) is 26.4. The van der Waals surface area contributed by atoms with Crippen LogP contribution in [0.3, 0.4) is 0 Å². The number of aliphatic carboxylic acids is 1. The summed E-state index contributed by atoms with van der Waals surface area (Å²) in [6.45, 7) is 0.480. The molecule has 1 aliphatic heterocycles. The first-order chi connectivity index (χ1) is 18.4. The second-order valence-electron chi connectivity index (χ2n) is 10.7. The molecule has 38 heavy (non-hydrogen) atoms. The number of nitriles is 1. The molecule has 3 aliphatic rings. The Morgan fingerprint density at radius 1 is 1.11 bits per heavy atom. The molecule has 3 heterocycles. The van der Waals surface area contributed by atoms with Gasteiger partial charge in [0.2, 0.25) is 0 Å². The van der Waals surface area contributed by atoms with Crippen molar-refractivity contribution in [1.82, 2.24) is 19.7 Å². The molecular weight excluding hydrogens is 484 g/mol. The normalized spacial score (nSPS) is 25.2. The Kier molecular flexibility index (Phi) is 6.14. The number of hydrogen-bond donors (Lipinski definition) is 3. The number of nitrogens with zero attached hydrogens (tertiary/aromatic N) is 4. The van der Waals surface area contributed by atoms with E-state index in [4.69, 9.17) is 5.10 Å². The number of carbonyl (C=O) groups excluding carboxylic acids is 1. The number of fused-ring (bicyclic) bond motifs is 2. The fourth-order valence-electron chi connectivity index (χ4n) is 6.48. The highest BCUT2D eigenvalue weighted by molar-refractivity contribution is 5.99. The number of aromatic nitrogens is 3. The molecule has 2 aromatic heterocycles. The predicted molar refractivity (Wildman–Crippen MR) is 140 cm³/mol. The lowest BCUT2D eigenvalue weighted by molar-refractivity contribution is -0.143. The van der Waals surface area contributed by atoms with Gasteiger partial charge in [-0.05, 0) is 68.4 Å². The van der Waals surface area contributed by atoms with E-state index in [0.717, 1.165) is 36.9 Å². The van der Waals surface area contributed by atoms with Crippen LogP contribution in [0.15, 0.2) is 35.3 Å². The van der Waals surface area contributed by atoms with Crippen LogP contribution in [0.25, 0.3) is 10.9 Å². The van der Waals surface area contributed by atoms with Gasteiger partial charge in [-0.15, -0.1) is 0 Å². The molecule has 1 aromatic carbocycles. The third-order valence-electron chi connectivity index (χ3n) is 8.53. The molecule has 0 spiro atoms. The molecular formula is C28H30N6O4. The van der Waals surface area contributed by atoms with Gasteiger partial charge in [0.05, 0.1) is 29.5 Å². The van der Waals surface area contributed by atoms with Crippen molar-refractivity contribution in [2.75, 3.05) is 5.32 Å². The zero-order valence-electron chi connectivity index (χ0n) is 21.0. The number of benzene rings is 1. The standard InChI is InChI=1S/C28H30N6O4/c29-14-17-3-1-2-4-22(17)34-23-11-12-30-26(35)24(23)25(32-34)31-19-7-10-21-18(13-19)15-33(27(21)36)20-8-5-16(6-9-20)28(37)38/h7,10-13,16-17,20,22H,1-6,8-9,15H2,(H,30,35)(H,31,32)(H,37,38). The topological polar surface area (TPSA) is 144 Å². The SMILES string of the molecule is N#CC1CCCCC1n1nc(Nc2ccc3c(c2)CN(C2CCC(C(=O)O)CC2)C3=O)c2c(=O)[nH]ccc21. The van der Waals surface area contributed by atoms with Crippen LogP contribution in [-0.4, -0.2) is 42.7 Å². The van der Waals surface area contributed by atoms with Gasteiger partial charge >= 0.3 is 5.97 Å². The van der Waals surface area contributed by atoms with E-state index in [1.165, 1.54) is 0 Å². The number of anilines is 2. The molecule has 10 heteroatoms. The van der Waals surface area contributed by atoms with Crippen LogP contribution in [-0.2, 0) is 11.3 Å². The number of hydrogen-bond acceptors (Lipinski definition) is 6. The van der Waals surface area contributed by atoms with Crippen LogP contribution in [0.5, 0.6) is 0 Å². The van der Waals surface area contributed by atoms with E-state index in [2.05, 4.69) is 16.4 Å². The molecule has 10 nitrogen and oxygen atoms in total. The number of nitrogens with one attached hydrogen (secondary N) is 2. The van der Waals surface area contributed by atoms with Crippen molar-refractivity contribution < 1.29 is 14.7 Å². The first kappa shape index (κ1) is 24.2. The minimum Gasteiger partial charge on any atom is -0.481 e. The minimum atomic E-state index is -0.754. The van der Waals surface area contributed by atoms with Crippen LogP contribution in [0.4, 0.5) is 11.5 Å². The van der Waals surface area contributed by atoms with Gasteiger partial charge in [-0.3, -0.25) is 19.1 Å². The van der Waals surface area contributed by atoms with Crippen molar-refractivity contribution in [3.8, 4) is 6.07 Å². The highest BCUT2D eigenvalue weighted by Crippen LogP contribution is 2.38. The molecule has 3 N–H and O–H groups in total. The van der Waals surface area contributed by atoms with E-state index >= 15 is 0 Å². The van der Waals surface area contributed by atoms with E-state index in [1.807, 2.05) is 27.8 Å². The van der Waals surface area contributed by atoms with Gasteiger partial charge < -0.3 is 20.3 Å². The van der Waals surface area contributed by atoms with Gasteiger partial charge in [-0.1, -0.05) is 12.8 Å².